The fraction of sp³-hybridized carbons (Fsp3) is 0.250. The number of aromatic nitrogens is 1. The first-order valence-corrected chi connectivity index (χ1v) is 9.08. The highest BCUT2D eigenvalue weighted by Crippen LogP contribution is 2.28. The van der Waals surface area contributed by atoms with Gasteiger partial charge in [0.15, 0.2) is 0 Å². The van der Waals surface area contributed by atoms with Crippen LogP contribution < -0.4 is 10.1 Å². The minimum atomic E-state index is -0.311. The third-order valence-corrected chi connectivity index (χ3v) is 5.09. The molecular weight excluding hydrogens is 399 g/mol. The number of hydrogen-bond acceptors (Lipinski definition) is 2. The molecule has 0 fully saturated rings. The number of aromatic amines is 1. The molecule has 1 unspecified atom stereocenters. The standard InChI is InChI=1S/C20H20BrFN2O2/c1-11(13-4-7-19(26-3)17(21)8-13)24-20(25)10-15-12(2)23-18-6-5-14(22)9-16(15)18/h4-9,11,23H,10H2,1-3H3,(H,24,25). The van der Waals surface area contributed by atoms with Gasteiger partial charge >= 0.3 is 0 Å². The number of carbonyl (C=O) groups is 1. The van der Waals surface area contributed by atoms with Crippen LogP contribution in [0.25, 0.3) is 10.9 Å². The first-order valence-electron chi connectivity index (χ1n) is 8.28. The van der Waals surface area contributed by atoms with E-state index in [-0.39, 0.29) is 24.2 Å². The van der Waals surface area contributed by atoms with E-state index in [0.717, 1.165) is 37.9 Å². The Morgan fingerprint density at radius 1 is 1.31 bits per heavy atom. The summed E-state index contributed by atoms with van der Waals surface area (Å²) < 4.78 is 19.6. The number of nitrogens with one attached hydrogen (secondary N) is 2. The highest BCUT2D eigenvalue weighted by molar-refractivity contribution is 9.10. The second-order valence-corrected chi connectivity index (χ2v) is 7.13. The summed E-state index contributed by atoms with van der Waals surface area (Å²) in [5.41, 5.74) is 3.49. The summed E-state index contributed by atoms with van der Waals surface area (Å²) in [7, 11) is 1.61. The fourth-order valence-corrected chi connectivity index (χ4v) is 3.63. The molecule has 0 saturated carbocycles. The molecule has 2 aromatic carbocycles. The largest absolute Gasteiger partial charge is 0.496 e. The monoisotopic (exact) mass is 418 g/mol. The van der Waals surface area contributed by atoms with Crippen LogP contribution in [0.5, 0.6) is 5.75 Å². The van der Waals surface area contributed by atoms with Crippen LogP contribution in [0.4, 0.5) is 4.39 Å². The lowest BCUT2D eigenvalue weighted by Crippen LogP contribution is -2.28. The van der Waals surface area contributed by atoms with Crippen LogP contribution in [0, 0.1) is 12.7 Å². The number of carbonyl (C=O) groups excluding carboxylic acids is 1. The van der Waals surface area contributed by atoms with Gasteiger partial charge in [-0.3, -0.25) is 4.79 Å². The number of aryl methyl sites for hydroxylation is 1. The summed E-state index contributed by atoms with van der Waals surface area (Å²) in [5.74, 6) is 0.316. The van der Waals surface area contributed by atoms with Gasteiger partial charge in [-0.15, -0.1) is 0 Å². The summed E-state index contributed by atoms with van der Waals surface area (Å²) in [5, 5.41) is 3.75. The normalized spacial score (nSPS) is 12.2. The number of ether oxygens (including phenoxy) is 1. The fourth-order valence-electron chi connectivity index (χ4n) is 3.07. The third-order valence-electron chi connectivity index (χ3n) is 4.47. The predicted molar refractivity (Wildman–Crippen MR) is 104 cm³/mol. The maximum atomic E-state index is 13.6. The minimum Gasteiger partial charge on any atom is -0.496 e. The maximum absolute atomic E-state index is 13.6. The van der Waals surface area contributed by atoms with Crippen LogP contribution in [0.2, 0.25) is 0 Å². The third kappa shape index (κ3) is 3.75. The van der Waals surface area contributed by atoms with Crippen LogP contribution in [0.15, 0.2) is 40.9 Å². The van der Waals surface area contributed by atoms with Gasteiger partial charge in [-0.2, -0.15) is 0 Å². The molecule has 136 valence electrons. The lowest BCUT2D eigenvalue weighted by molar-refractivity contribution is -0.121. The van der Waals surface area contributed by atoms with E-state index in [1.807, 2.05) is 32.0 Å². The van der Waals surface area contributed by atoms with E-state index in [2.05, 4.69) is 26.2 Å². The SMILES string of the molecule is COc1ccc(C(C)NC(=O)Cc2c(C)[nH]c3ccc(F)cc23)cc1Br. The molecular formula is C20H20BrFN2O2. The molecule has 0 aliphatic rings. The highest BCUT2D eigenvalue weighted by Gasteiger charge is 2.16. The lowest BCUT2D eigenvalue weighted by Gasteiger charge is -2.16. The molecule has 1 atom stereocenters. The van der Waals surface area contributed by atoms with Crippen molar-refractivity contribution >= 4 is 32.7 Å². The molecule has 3 aromatic rings. The summed E-state index contributed by atoms with van der Waals surface area (Å²) in [6.07, 6.45) is 0.191. The van der Waals surface area contributed by atoms with Crippen molar-refractivity contribution in [3.05, 3.63) is 63.5 Å². The molecule has 1 aromatic heterocycles. The van der Waals surface area contributed by atoms with Gasteiger partial charge in [0.25, 0.3) is 0 Å². The molecule has 4 nitrogen and oxygen atoms in total. The number of H-pyrrole nitrogens is 1. The van der Waals surface area contributed by atoms with Gasteiger partial charge in [0.05, 0.1) is 24.0 Å². The van der Waals surface area contributed by atoms with Gasteiger partial charge in [0.1, 0.15) is 11.6 Å². The van der Waals surface area contributed by atoms with E-state index < -0.39 is 0 Å². The second kappa shape index (κ2) is 7.50. The molecule has 2 N–H and O–H groups in total. The Bertz CT molecular complexity index is 968. The van der Waals surface area contributed by atoms with Gasteiger partial charge in [0.2, 0.25) is 5.91 Å². The number of rotatable bonds is 5. The molecule has 0 radical (unpaired) electrons. The molecule has 0 spiro atoms. The molecule has 26 heavy (non-hydrogen) atoms. The van der Waals surface area contributed by atoms with Crippen LogP contribution >= 0.6 is 15.9 Å². The zero-order valence-electron chi connectivity index (χ0n) is 14.8. The van der Waals surface area contributed by atoms with Crippen molar-refractivity contribution in [3.8, 4) is 5.75 Å². The topological polar surface area (TPSA) is 54.1 Å². The first kappa shape index (κ1) is 18.5. The minimum absolute atomic E-state index is 0.113. The summed E-state index contributed by atoms with van der Waals surface area (Å²) >= 11 is 3.46. The molecule has 0 saturated heterocycles. The van der Waals surface area contributed by atoms with Crippen LogP contribution in [0.3, 0.4) is 0 Å². The van der Waals surface area contributed by atoms with E-state index >= 15 is 0 Å². The van der Waals surface area contributed by atoms with Crippen molar-refractivity contribution in [2.75, 3.05) is 7.11 Å². The maximum Gasteiger partial charge on any atom is 0.224 e. The highest BCUT2D eigenvalue weighted by atomic mass is 79.9. The Morgan fingerprint density at radius 3 is 2.77 bits per heavy atom. The van der Waals surface area contributed by atoms with E-state index in [4.69, 9.17) is 4.74 Å². The molecule has 3 rings (SSSR count). The van der Waals surface area contributed by atoms with Crippen molar-refractivity contribution in [2.45, 2.75) is 26.3 Å². The number of benzene rings is 2. The smallest absolute Gasteiger partial charge is 0.224 e. The molecule has 1 heterocycles. The van der Waals surface area contributed by atoms with Gasteiger partial charge in [-0.05, 0) is 71.2 Å². The van der Waals surface area contributed by atoms with Crippen LogP contribution in [-0.4, -0.2) is 18.0 Å². The lowest BCUT2D eigenvalue weighted by atomic mass is 10.1. The van der Waals surface area contributed by atoms with Gasteiger partial charge in [-0.1, -0.05) is 6.07 Å². The Hall–Kier alpha value is -2.34. The summed E-state index contributed by atoms with van der Waals surface area (Å²) in [6, 6.07) is 10.1. The van der Waals surface area contributed by atoms with Gasteiger partial charge in [-0.25, -0.2) is 4.39 Å². The number of amides is 1. The van der Waals surface area contributed by atoms with E-state index in [0.29, 0.717) is 0 Å². The van der Waals surface area contributed by atoms with Crippen molar-refractivity contribution in [3.63, 3.8) is 0 Å². The number of hydrogen-bond donors (Lipinski definition) is 2. The van der Waals surface area contributed by atoms with Gasteiger partial charge in [0, 0.05) is 16.6 Å². The quantitative estimate of drug-likeness (QED) is 0.624. The Balaban J connectivity index is 1.76. The molecule has 0 aliphatic heterocycles. The zero-order chi connectivity index (χ0) is 18.8. The van der Waals surface area contributed by atoms with Crippen molar-refractivity contribution in [1.29, 1.82) is 0 Å². The number of fused-ring (bicyclic) bond motifs is 1. The summed E-state index contributed by atoms with van der Waals surface area (Å²) in [6.45, 7) is 3.82. The number of halogens is 2. The van der Waals surface area contributed by atoms with E-state index in [1.54, 1.807) is 13.2 Å². The van der Waals surface area contributed by atoms with Crippen molar-refractivity contribution in [1.82, 2.24) is 10.3 Å². The Morgan fingerprint density at radius 2 is 2.08 bits per heavy atom. The molecule has 0 aliphatic carbocycles. The first-order chi connectivity index (χ1) is 12.4. The Kier molecular flexibility index (Phi) is 5.32. The van der Waals surface area contributed by atoms with E-state index in [1.165, 1.54) is 12.1 Å². The molecule has 6 heteroatoms. The second-order valence-electron chi connectivity index (χ2n) is 6.28. The summed E-state index contributed by atoms with van der Waals surface area (Å²) in [4.78, 5) is 15.7. The zero-order valence-corrected chi connectivity index (χ0v) is 16.4. The van der Waals surface area contributed by atoms with E-state index in [9.17, 15) is 9.18 Å². The average Bonchev–Trinajstić information content (AvgIpc) is 2.90. The Labute approximate surface area is 159 Å². The average molecular weight is 419 g/mol. The molecule has 1 amide bonds. The van der Waals surface area contributed by atoms with Crippen molar-refractivity contribution in [2.24, 2.45) is 0 Å². The van der Waals surface area contributed by atoms with Crippen LogP contribution in [-0.2, 0) is 11.2 Å². The van der Waals surface area contributed by atoms with Crippen molar-refractivity contribution < 1.29 is 13.9 Å². The van der Waals surface area contributed by atoms with Crippen LogP contribution in [0.1, 0.15) is 29.8 Å². The number of methoxy groups -OCH3 is 1. The predicted octanol–water partition coefficient (Wildman–Crippen LogP) is 4.81. The van der Waals surface area contributed by atoms with Gasteiger partial charge < -0.3 is 15.0 Å². The molecule has 0 bridgehead atoms.